The van der Waals surface area contributed by atoms with E-state index in [1.165, 1.54) is 16.8 Å². The van der Waals surface area contributed by atoms with Crippen molar-refractivity contribution in [1.29, 1.82) is 0 Å². The summed E-state index contributed by atoms with van der Waals surface area (Å²) in [5, 5.41) is 0. The number of hydrogen-bond donors (Lipinski definition) is 0. The molecular formula is C44H51N3O6. The maximum atomic E-state index is 14.1. The Balaban J connectivity index is 1.17. The molecule has 9 heteroatoms. The predicted molar refractivity (Wildman–Crippen MR) is 206 cm³/mol. The van der Waals surface area contributed by atoms with Gasteiger partial charge in [0.2, 0.25) is 0 Å². The van der Waals surface area contributed by atoms with Gasteiger partial charge in [-0.3, -0.25) is 14.5 Å². The van der Waals surface area contributed by atoms with Crippen LogP contribution in [0.2, 0.25) is 0 Å². The molecule has 1 saturated heterocycles. The van der Waals surface area contributed by atoms with Gasteiger partial charge in [0.1, 0.15) is 11.9 Å². The van der Waals surface area contributed by atoms with Crippen molar-refractivity contribution in [1.82, 2.24) is 4.90 Å². The van der Waals surface area contributed by atoms with Crippen molar-refractivity contribution in [2.24, 2.45) is 22.7 Å². The van der Waals surface area contributed by atoms with Crippen LogP contribution in [0.4, 0.5) is 11.4 Å². The number of carbonyl (C=O) groups excluding carboxylic acids is 3. The highest BCUT2D eigenvalue weighted by atomic mass is 16.5. The average molecular weight is 718 g/mol. The lowest BCUT2D eigenvalue weighted by atomic mass is 9.76. The minimum atomic E-state index is -0.418. The second kappa shape index (κ2) is 16.0. The Morgan fingerprint density at radius 2 is 1.72 bits per heavy atom. The van der Waals surface area contributed by atoms with Crippen LogP contribution >= 0.6 is 0 Å². The number of benzene rings is 3. The Hall–Kier alpha value is -4.92. The number of ether oxygens (including phenoxy) is 3. The van der Waals surface area contributed by atoms with Crippen LogP contribution in [0, 0.1) is 17.8 Å². The van der Waals surface area contributed by atoms with Gasteiger partial charge < -0.3 is 19.1 Å². The van der Waals surface area contributed by atoms with Crippen molar-refractivity contribution in [3.8, 4) is 5.75 Å². The topological polar surface area (TPSA) is 97.7 Å². The van der Waals surface area contributed by atoms with Gasteiger partial charge in [0.15, 0.2) is 5.76 Å². The fourth-order valence-electron chi connectivity index (χ4n) is 8.15. The molecule has 0 N–H and O–H groups in total. The molecule has 7 rings (SSSR count). The number of anilines is 1. The molecule has 3 aliphatic heterocycles. The molecule has 3 heterocycles. The first-order chi connectivity index (χ1) is 25.7. The number of aryl methyl sites for hydroxylation is 2. The number of amides is 1. The van der Waals surface area contributed by atoms with Crippen LogP contribution in [0.25, 0.3) is 6.08 Å². The number of carbonyl (C=O) groups is 3. The molecule has 0 radical (unpaired) electrons. The smallest absolute Gasteiger partial charge is 0.340 e. The van der Waals surface area contributed by atoms with E-state index in [1.54, 1.807) is 42.2 Å². The highest BCUT2D eigenvalue weighted by molar-refractivity contribution is 6.12. The zero-order valence-electron chi connectivity index (χ0n) is 31.4. The second-order valence-corrected chi connectivity index (χ2v) is 15.3. The minimum Gasteiger partial charge on any atom is -0.458 e. The van der Waals surface area contributed by atoms with Crippen molar-refractivity contribution < 1.29 is 28.6 Å². The molecule has 278 valence electrons. The SMILES string of the molecule is CCC(=O)Oc1ccc(CCN2C(=O)C(=Cc3cc4c5c(c3)CCCN5CCC4)OC2=Nc2ccccc2C(=O)OC2CC(C(C)C)CCC2C)cc1. The van der Waals surface area contributed by atoms with Gasteiger partial charge in [0.25, 0.3) is 5.91 Å². The molecule has 3 aromatic carbocycles. The minimum absolute atomic E-state index is 0.117. The van der Waals surface area contributed by atoms with E-state index in [-0.39, 0.29) is 42.2 Å². The van der Waals surface area contributed by atoms with Gasteiger partial charge in [-0.15, -0.1) is 0 Å². The van der Waals surface area contributed by atoms with Gasteiger partial charge in [-0.1, -0.05) is 52.0 Å². The molecule has 1 saturated carbocycles. The fourth-order valence-corrected chi connectivity index (χ4v) is 8.15. The van der Waals surface area contributed by atoms with Crippen LogP contribution in [-0.4, -0.2) is 54.5 Å². The van der Waals surface area contributed by atoms with E-state index in [0.29, 0.717) is 41.7 Å². The van der Waals surface area contributed by atoms with Gasteiger partial charge in [-0.2, -0.15) is 4.99 Å². The lowest BCUT2D eigenvalue weighted by Crippen LogP contribution is -2.34. The van der Waals surface area contributed by atoms with Crippen molar-refractivity contribution in [3.05, 3.63) is 94.2 Å². The van der Waals surface area contributed by atoms with Gasteiger partial charge >= 0.3 is 18.0 Å². The number of nitrogens with zero attached hydrogens (tertiary/aromatic N) is 3. The molecule has 1 aliphatic carbocycles. The largest absolute Gasteiger partial charge is 0.458 e. The maximum absolute atomic E-state index is 14.1. The van der Waals surface area contributed by atoms with E-state index >= 15 is 0 Å². The summed E-state index contributed by atoms with van der Waals surface area (Å²) in [4.78, 5) is 48.5. The normalized spacial score (nSPS) is 22.6. The fraction of sp³-hybridized carbons (Fsp3) is 0.455. The summed E-state index contributed by atoms with van der Waals surface area (Å²) >= 11 is 0. The number of rotatable bonds is 10. The lowest BCUT2D eigenvalue weighted by molar-refractivity contribution is -0.134. The van der Waals surface area contributed by atoms with Crippen molar-refractivity contribution >= 4 is 41.3 Å². The predicted octanol–water partition coefficient (Wildman–Crippen LogP) is 8.45. The van der Waals surface area contributed by atoms with Crippen LogP contribution in [0.15, 0.2) is 71.4 Å². The summed E-state index contributed by atoms with van der Waals surface area (Å²) in [6.45, 7) is 10.9. The highest BCUT2D eigenvalue weighted by Gasteiger charge is 2.36. The number of amidine groups is 1. The lowest BCUT2D eigenvalue weighted by Gasteiger charge is -2.37. The molecule has 0 spiro atoms. The summed E-state index contributed by atoms with van der Waals surface area (Å²) in [6.07, 6.45) is 9.77. The van der Waals surface area contributed by atoms with Gasteiger partial charge in [0, 0.05) is 31.7 Å². The molecule has 0 bridgehead atoms. The van der Waals surface area contributed by atoms with E-state index in [9.17, 15) is 14.4 Å². The first-order valence-electron chi connectivity index (χ1n) is 19.5. The molecule has 9 nitrogen and oxygen atoms in total. The molecule has 3 unspecified atom stereocenters. The van der Waals surface area contributed by atoms with E-state index < -0.39 is 5.97 Å². The molecule has 1 amide bonds. The van der Waals surface area contributed by atoms with Crippen LogP contribution in [0.3, 0.4) is 0 Å². The summed E-state index contributed by atoms with van der Waals surface area (Å²) in [6, 6.07) is 18.9. The van der Waals surface area contributed by atoms with Crippen LogP contribution in [0.5, 0.6) is 5.75 Å². The number of esters is 2. The van der Waals surface area contributed by atoms with E-state index in [0.717, 1.165) is 69.2 Å². The third-order valence-electron chi connectivity index (χ3n) is 11.3. The Kier molecular flexibility index (Phi) is 11.0. The summed E-state index contributed by atoms with van der Waals surface area (Å²) in [5.41, 5.74) is 6.63. The monoisotopic (exact) mass is 717 g/mol. The number of hydrogen-bond acceptors (Lipinski definition) is 8. The Bertz CT molecular complexity index is 1880. The Morgan fingerprint density at radius 1 is 1.00 bits per heavy atom. The van der Waals surface area contributed by atoms with E-state index in [2.05, 4.69) is 37.8 Å². The Morgan fingerprint density at radius 3 is 2.42 bits per heavy atom. The molecule has 3 aromatic rings. The third kappa shape index (κ3) is 8.19. The highest BCUT2D eigenvalue weighted by Crippen LogP contribution is 2.38. The van der Waals surface area contributed by atoms with Gasteiger partial charge in [-0.05, 0) is 134 Å². The van der Waals surface area contributed by atoms with Gasteiger partial charge in [-0.25, -0.2) is 4.79 Å². The molecular weight excluding hydrogens is 666 g/mol. The maximum Gasteiger partial charge on any atom is 0.340 e. The Labute approximate surface area is 313 Å². The molecule has 53 heavy (non-hydrogen) atoms. The molecule has 3 atom stereocenters. The van der Waals surface area contributed by atoms with E-state index in [4.69, 9.17) is 19.2 Å². The zero-order valence-corrected chi connectivity index (χ0v) is 31.4. The molecule has 2 fully saturated rings. The third-order valence-corrected chi connectivity index (χ3v) is 11.3. The number of para-hydroxylation sites is 1. The van der Waals surface area contributed by atoms with E-state index in [1.807, 2.05) is 24.3 Å². The van der Waals surface area contributed by atoms with Crippen LogP contribution in [0.1, 0.15) is 98.8 Å². The first kappa shape index (κ1) is 36.4. The first-order valence-corrected chi connectivity index (χ1v) is 19.5. The second-order valence-electron chi connectivity index (χ2n) is 15.3. The quantitative estimate of drug-likeness (QED) is 0.118. The average Bonchev–Trinajstić information content (AvgIpc) is 3.44. The van der Waals surface area contributed by atoms with Crippen molar-refractivity contribution in [2.45, 2.75) is 91.6 Å². The van der Waals surface area contributed by atoms with Crippen LogP contribution < -0.4 is 9.64 Å². The van der Waals surface area contributed by atoms with Crippen molar-refractivity contribution in [2.75, 3.05) is 24.5 Å². The summed E-state index contributed by atoms with van der Waals surface area (Å²) < 4.78 is 17.8. The summed E-state index contributed by atoms with van der Waals surface area (Å²) in [7, 11) is 0. The molecule has 4 aliphatic rings. The summed E-state index contributed by atoms with van der Waals surface area (Å²) in [5.74, 6) is 0.995. The van der Waals surface area contributed by atoms with Gasteiger partial charge in [0.05, 0.1) is 11.3 Å². The molecule has 0 aromatic heterocycles. The standard InChI is InChI=1S/C44H51N3O6/c1-5-40(48)51-35-18-15-30(16-19-35)20-23-47-42(49)39(26-31-24-33-10-8-21-46-22-9-11-34(25-31)41(33)46)53-44(47)45-37-13-7-6-12-36(37)43(50)52-38-27-32(28(2)3)17-14-29(38)4/h6-7,12-13,15-16,18-19,24-26,28-29,32,38H,5,8-11,14,17,20-23,27H2,1-4H3. The van der Waals surface area contributed by atoms with Crippen LogP contribution in [-0.2, 0) is 38.3 Å². The number of aliphatic imine (C=N–C) groups is 1. The zero-order chi connectivity index (χ0) is 37.1. The van der Waals surface area contributed by atoms with Crippen molar-refractivity contribution in [3.63, 3.8) is 0 Å².